The van der Waals surface area contributed by atoms with Crippen molar-refractivity contribution in [2.45, 2.75) is 12.8 Å². The summed E-state index contributed by atoms with van der Waals surface area (Å²) in [5.74, 6) is 0. The predicted molar refractivity (Wildman–Crippen MR) is 72.7 cm³/mol. The van der Waals surface area contributed by atoms with Gasteiger partial charge < -0.3 is 14.5 Å². The van der Waals surface area contributed by atoms with Crippen molar-refractivity contribution in [3.05, 3.63) is 30.3 Å². The summed E-state index contributed by atoms with van der Waals surface area (Å²) in [5.41, 5.74) is 0. The van der Waals surface area contributed by atoms with Gasteiger partial charge in [0.1, 0.15) is 0 Å². The lowest BCUT2D eigenvalue weighted by Gasteiger charge is -2.00. The van der Waals surface area contributed by atoms with E-state index >= 15 is 0 Å². The lowest BCUT2D eigenvalue weighted by molar-refractivity contribution is 0.198. The third-order valence-electron chi connectivity index (χ3n) is 1.92. The molecule has 0 saturated carbocycles. The molecule has 2 N–H and O–H groups in total. The summed E-state index contributed by atoms with van der Waals surface area (Å²) < 4.78 is 15.5. The Labute approximate surface area is 113 Å². The molecule has 1 aliphatic rings. The molecule has 1 fully saturated rings. The number of hydrogen-bond donors (Lipinski definition) is 2. The first-order valence-electron chi connectivity index (χ1n) is 4.79. The van der Waals surface area contributed by atoms with Crippen molar-refractivity contribution in [3.63, 3.8) is 0 Å². The van der Waals surface area contributed by atoms with E-state index < -0.39 is 7.60 Å². The van der Waals surface area contributed by atoms with Crippen LogP contribution in [0.3, 0.4) is 0 Å². The minimum atomic E-state index is -4.02. The summed E-state index contributed by atoms with van der Waals surface area (Å²) in [7, 11) is -4.02. The summed E-state index contributed by atoms with van der Waals surface area (Å²) in [6.07, 6.45) is 2.56. The fourth-order valence-corrected chi connectivity index (χ4v) is 1.69. The molecular weight excluding hydrogens is 286 g/mol. The minimum absolute atomic E-state index is 0. The van der Waals surface area contributed by atoms with Gasteiger partial charge in [-0.05, 0) is 25.0 Å². The maximum Gasteiger partial charge on any atom is 0.356 e. The summed E-state index contributed by atoms with van der Waals surface area (Å²) in [4.78, 5) is 17.2. The molecule has 0 spiro atoms. The lowest BCUT2D eigenvalue weighted by Crippen LogP contribution is -2.01. The Morgan fingerprint density at radius 1 is 1.00 bits per heavy atom. The zero-order valence-electron chi connectivity index (χ0n) is 9.19. The molecule has 4 nitrogen and oxygen atoms in total. The van der Waals surface area contributed by atoms with Gasteiger partial charge in [-0.2, -0.15) is 0 Å². The first kappa shape index (κ1) is 19.3. The number of ether oxygens (including phenoxy) is 1. The van der Waals surface area contributed by atoms with Gasteiger partial charge in [-0.1, -0.05) is 18.2 Å². The summed E-state index contributed by atoms with van der Waals surface area (Å²) >= 11 is 0. The molecule has 1 saturated heterocycles. The zero-order chi connectivity index (χ0) is 11.1. The topological polar surface area (TPSA) is 66.8 Å². The molecule has 100 valence electrons. The van der Waals surface area contributed by atoms with Crippen LogP contribution in [0.25, 0.3) is 0 Å². The summed E-state index contributed by atoms with van der Waals surface area (Å²) in [5, 5.41) is 0.0648. The van der Waals surface area contributed by atoms with Crippen LogP contribution in [-0.4, -0.2) is 23.0 Å². The van der Waals surface area contributed by atoms with Gasteiger partial charge in [-0.3, -0.25) is 4.57 Å². The van der Waals surface area contributed by atoms with Gasteiger partial charge in [0.05, 0.1) is 5.30 Å². The highest BCUT2D eigenvalue weighted by Crippen LogP contribution is 2.32. The smallest absolute Gasteiger partial charge is 0.356 e. The van der Waals surface area contributed by atoms with E-state index in [1.165, 1.54) is 25.0 Å². The molecular formula is C10H17Cl2O4P. The highest BCUT2D eigenvalue weighted by atomic mass is 35.5. The standard InChI is InChI=1S/C6H7O3P.C4H8O.2ClH/c7-10(8,9)6-4-2-1-3-5-6;1-2-4-5-3-1;;/h1-5H,(H2,7,8,9);1-4H2;2*1H. The molecule has 0 aromatic heterocycles. The van der Waals surface area contributed by atoms with Crippen LogP contribution in [0, 0.1) is 0 Å². The van der Waals surface area contributed by atoms with Gasteiger partial charge in [0.25, 0.3) is 0 Å². The fourth-order valence-electron chi connectivity index (χ4n) is 1.13. The SMILES string of the molecule is C1CCOC1.Cl.Cl.O=P(O)(O)c1ccccc1. The normalized spacial score (nSPS) is 13.8. The average molecular weight is 303 g/mol. The van der Waals surface area contributed by atoms with E-state index in [2.05, 4.69) is 0 Å². The van der Waals surface area contributed by atoms with Crippen molar-refractivity contribution in [1.82, 2.24) is 0 Å². The minimum Gasteiger partial charge on any atom is -0.381 e. The molecule has 0 bridgehead atoms. The van der Waals surface area contributed by atoms with Crippen LogP contribution in [0.5, 0.6) is 0 Å². The molecule has 0 unspecified atom stereocenters. The van der Waals surface area contributed by atoms with E-state index in [1.807, 2.05) is 0 Å². The first-order valence-corrected chi connectivity index (χ1v) is 6.41. The van der Waals surface area contributed by atoms with Gasteiger partial charge in [0.2, 0.25) is 0 Å². The van der Waals surface area contributed by atoms with Crippen LogP contribution in [-0.2, 0) is 9.30 Å². The number of halogens is 2. The van der Waals surface area contributed by atoms with Gasteiger partial charge in [0.15, 0.2) is 0 Å². The Kier molecular flexibility index (Phi) is 11.2. The quantitative estimate of drug-likeness (QED) is 0.780. The maximum atomic E-state index is 10.5. The van der Waals surface area contributed by atoms with E-state index in [1.54, 1.807) is 18.2 Å². The van der Waals surface area contributed by atoms with Crippen molar-refractivity contribution >= 4 is 37.7 Å². The second kappa shape index (κ2) is 9.89. The Balaban J connectivity index is 0. The van der Waals surface area contributed by atoms with Crippen LogP contribution in [0.1, 0.15) is 12.8 Å². The third kappa shape index (κ3) is 8.61. The highest BCUT2D eigenvalue weighted by Gasteiger charge is 2.14. The molecule has 1 heterocycles. The Morgan fingerprint density at radius 2 is 1.47 bits per heavy atom. The second-order valence-electron chi connectivity index (χ2n) is 3.20. The van der Waals surface area contributed by atoms with Crippen molar-refractivity contribution in [1.29, 1.82) is 0 Å². The van der Waals surface area contributed by atoms with E-state index in [9.17, 15) is 4.57 Å². The Bertz CT molecular complexity index is 317. The fraction of sp³-hybridized carbons (Fsp3) is 0.400. The van der Waals surface area contributed by atoms with E-state index in [4.69, 9.17) is 14.5 Å². The summed E-state index contributed by atoms with van der Waals surface area (Å²) in [6, 6.07) is 7.70. The Hall–Kier alpha value is -0.0900. The molecule has 2 rings (SSSR count). The molecule has 17 heavy (non-hydrogen) atoms. The largest absolute Gasteiger partial charge is 0.381 e. The molecule has 7 heteroatoms. The van der Waals surface area contributed by atoms with Crippen LogP contribution in [0.2, 0.25) is 0 Å². The monoisotopic (exact) mass is 302 g/mol. The van der Waals surface area contributed by atoms with Crippen LogP contribution >= 0.6 is 32.4 Å². The molecule has 0 radical (unpaired) electrons. The van der Waals surface area contributed by atoms with Gasteiger partial charge >= 0.3 is 7.60 Å². The van der Waals surface area contributed by atoms with Crippen LogP contribution in [0.4, 0.5) is 0 Å². The zero-order valence-corrected chi connectivity index (χ0v) is 11.7. The predicted octanol–water partition coefficient (Wildman–Crippen LogP) is 2.13. The molecule has 1 aromatic carbocycles. The maximum absolute atomic E-state index is 10.5. The second-order valence-corrected chi connectivity index (χ2v) is 4.80. The third-order valence-corrected chi connectivity index (χ3v) is 2.89. The van der Waals surface area contributed by atoms with Crippen molar-refractivity contribution in [2.24, 2.45) is 0 Å². The molecule has 0 aliphatic carbocycles. The average Bonchev–Trinajstić information content (AvgIpc) is 2.76. The van der Waals surface area contributed by atoms with Gasteiger partial charge in [0, 0.05) is 13.2 Å². The van der Waals surface area contributed by atoms with E-state index in [-0.39, 0.29) is 30.1 Å². The molecule has 0 amide bonds. The number of benzene rings is 1. The van der Waals surface area contributed by atoms with Crippen molar-refractivity contribution < 1.29 is 19.1 Å². The Morgan fingerprint density at radius 3 is 1.71 bits per heavy atom. The number of rotatable bonds is 1. The van der Waals surface area contributed by atoms with Gasteiger partial charge in [-0.25, -0.2) is 0 Å². The van der Waals surface area contributed by atoms with E-state index in [0.29, 0.717) is 0 Å². The summed E-state index contributed by atoms with van der Waals surface area (Å²) in [6.45, 7) is 2.00. The molecule has 0 atom stereocenters. The van der Waals surface area contributed by atoms with Crippen LogP contribution in [0.15, 0.2) is 30.3 Å². The van der Waals surface area contributed by atoms with Crippen molar-refractivity contribution in [3.8, 4) is 0 Å². The lowest BCUT2D eigenvalue weighted by atomic mass is 10.4. The first-order chi connectivity index (χ1) is 7.11. The number of hydrogen-bond acceptors (Lipinski definition) is 2. The highest BCUT2D eigenvalue weighted by molar-refractivity contribution is 7.60. The van der Waals surface area contributed by atoms with Crippen molar-refractivity contribution in [2.75, 3.05) is 13.2 Å². The van der Waals surface area contributed by atoms with E-state index in [0.717, 1.165) is 13.2 Å². The molecule has 1 aliphatic heterocycles. The van der Waals surface area contributed by atoms with Gasteiger partial charge in [-0.15, -0.1) is 24.8 Å². The molecule has 1 aromatic rings. The van der Waals surface area contributed by atoms with Crippen LogP contribution < -0.4 is 5.30 Å².